The van der Waals surface area contributed by atoms with Crippen molar-refractivity contribution >= 4 is 11.9 Å². The monoisotopic (exact) mass is 224 g/mol. The number of fused-ring (bicyclic) bond motifs is 5. The summed E-state index contributed by atoms with van der Waals surface area (Å²) in [5.74, 6) is -3.11. The average molecular weight is 224 g/mol. The van der Waals surface area contributed by atoms with Gasteiger partial charge in [-0.3, -0.25) is 9.59 Å². The lowest BCUT2D eigenvalue weighted by atomic mass is 9.85. The standard InChI is InChI=1S/C11H12O5/c1-14-11(15-2)5-3-4-6(11)8-7(5)9(12)16-10(8)13/h3-8H,1-2H3/t5-,6-,7-,8-/m1/s1. The summed E-state index contributed by atoms with van der Waals surface area (Å²) in [4.78, 5) is 23.2. The van der Waals surface area contributed by atoms with E-state index in [0.29, 0.717) is 0 Å². The highest BCUT2D eigenvalue weighted by atomic mass is 16.7. The Hall–Kier alpha value is -1.20. The minimum Gasteiger partial charge on any atom is -0.393 e. The van der Waals surface area contributed by atoms with Gasteiger partial charge in [0.05, 0.1) is 11.8 Å². The van der Waals surface area contributed by atoms with Crippen LogP contribution in [0, 0.1) is 23.7 Å². The third kappa shape index (κ3) is 0.850. The summed E-state index contributed by atoms with van der Waals surface area (Å²) in [5.41, 5.74) is 0. The topological polar surface area (TPSA) is 61.8 Å². The van der Waals surface area contributed by atoms with E-state index >= 15 is 0 Å². The van der Waals surface area contributed by atoms with Crippen LogP contribution in [0.2, 0.25) is 0 Å². The Morgan fingerprint density at radius 2 is 1.50 bits per heavy atom. The van der Waals surface area contributed by atoms with E-state index in [2.05, 4.69) is 4.74 Å². The molecule has 2 aliphatic carbocycles. The number of ether oxygens (including phenoxy) is 3. The summed E-state index contributed by atoms with van der Waals surface area (Å²) in [6, 6.07) is 0. The summed E-state index contributed by atoms with van der Waals surface area (Å²) in [7, 11) is 3.07. The molecule has 0 amide bonds. The first-order chi connectivity index (χ1) is 7.65. The van der Waals surface area contributed by atoms with Crippen LogP contribution in [0.3, 0.4) is 0 Å². The van der Waals surface area contributed by atoms with Crippen LogP contribution in [-0.4, -0.2) is 31.9 Å². The Morgan fingerprint density at radius 3 is 1.88 bits per heavy atom. The van der Waals surface area contributed by atoms with Crippen LogP contribution in [0.1, 0.15) is 0 Å². The van der Waals surface area contributed by atoms with Crippen molar-refractivity contribution in [1.29, 1.82) is 0 Å². The maximum absolute atomic E-state index is 11.6. The van der Waals surface area contributed by atoms with Gasteiger partial charge in [-0.25, -0.2) is 0 Å². The van der Waals surface area contributed by atoms with Crippen molar-refractivity contribution in [3.05, 3.63) is 12.2 Å². The van der Waals surface area contributed by atoms with E-state index in [0.717, 1.165) is 0 Å². The molecule has 1 saturated heterocycles. The molecule has 16 heavy (non-hydrogen) atoms. The van der Waals surface area contributed by atoms with E-state index in [9.17, 15) is 9.59 Å². The zero-order valence-electron chi connectivity index (χ0n) is 9.01. The molecule has 5 nitrogen and oxygen atoms in total. The molecule has 1 aliphatic heterocycles. The van der Waals surface area contributed by atoms with Crippen LogP contribution in [0.4, 0.5) is 0 Å². The quantitative estimate of drug-likeness (QED) is 0.288. The van der Waals surface area contributed by atoms with E-state index in [1.54, 1.807) is 0 Å². The molecule has 1 saturated carbocycles. The summed E-state index contributed by atoms with van der Waals surface area (Å²) < 4.78 is 15.5. The molecule has 3 aliphatic rings. The summed E-state index contributed by atoms with van der Waals surface area (Å²) >= 11 is 0. The van der Waals surface area contributed by atoms with Crippen LogP contribution in [0.15, 0.2) is 12.2 Å². The minimum absolute atomic E-state index is 0.226. The smallest absolute Gasteiger partial charge is 0.318 e. The number of cyclic esters (lactones) is 2. The van der Waals surface area contributed by atoms with E-state index in [1.807, 2.05) is 12.2 Å². The molecule has 0 N–H and O–H groups in total. The zero-order chi connectivity index (χ0) is 11.5. The van der Waals surface area contributed by atoms with Crippen molar-refractivity contribution in [3.8, 4) is 0 Å². The zero-order valence-corrected chi connectivity index (χ0v) is 9.01. The van der Waals surface area contributed by atoms with Crippen LogP contribution < -0.4 is 0 Å². The van der Waals surface area contributed by atoms with Gasteiger partial charge in [-0.1, -0.05) is 12.2 Å². The molecule has 86 valence electrons. The molecule has 0 aromatic heterocycles. The number of carbonyl (C=O) groups excluding carboxylic acids is 2. The lowest BCUT2D eigenvalue weighted by Crippen LogP contribution is -2.42. The third-order valence-electron chi connectivity index (χ3n) is 4.00. The lowest BCUT2D eigenvalue weighted by Gasteiger charge is -2.32. The normalized spacial score (nSPS) is 42.6. The van der Waals surface area contributed by atoms with E-state index in [4.69, 9.17) is 9.47 Å². The number of carbonyl (C=O) groups is 2. The van der Waals surface area contributed by atoms with E-state index in [1.165, 1.54) is 14.2 Å². The number of esters is 2. The molecule has 3 rings (SSSR count). The van der Waals surface area contributed by atoms with Gasteiger partial charge in [0.1, 0.15) is 0 Å². The lowest BCUT2D eigenvalue weighted by molar-refractivity contribution is -0.236. The number of rotatable bonds is 2. The molecule has 0 aromatic carbocycles. The number of hydrogen-bond acceptors (Lipinski definition) is 5. The molecular formula is C11H12O5. The Labute approximate surface area is 92.3 Å². The van der Waals surface area contributed by atoms with Crippen LogP contribution in [0.25, 0.3) is 0 Å². The molecular weight excluding hydrogens is 212 g/mol. The van der Waals surface area contributed by atoms with Crippen molar-refractivity contribution in [1.82, 2.24) is 0 Å². The Morgan fingerprint density at radius 1 is 1.06 bits per heavy atom. The van der Waals surface area contributed by atoms with Crippen LogP contribution in [0.5, 0.6) is 0 Å². The fourth-order valence-electron chi connectivity index (χ4n) is 3.37. The van der Waals surface area contributed by atoms with Crippen LogP contribution >= 0.6 is 0 Å². The van der Waals surface area contributed by atoms with Gasteiger partial charge in [-0.15, -0.1) is 0 Å². The van der Waals surface area contributed by atoms with E-state index in [-0.39, 0.29) is 11.8 Å². The van der Waals surface area contributed by atoms with Gasteiger partial charge in [0.25, 0.3) is 0 Å². The van der Waals surface area contributed by atoms with Gasteiger partial charge in [0, 0.05) is 26.1 Å². The number of methoxy groups -OCH3 is 2. The first-order valence-electron chi connectivity index (χ1n) is 5.20. The predicted octanol–water partition coefficient (Wildman–Crippen LogP) is 0.107. The second kappa shape index (κ2) is 2.93. The second-order valence-corrected chi connectivity index (χ2v) is 4.36. The summed E-state index contributed by atoms with van der Waals surface area (Å²) in [6.45, 7) is 0. The van der Waals surface area contributed by atoms with Crippen molar-refractivity contribution < 1.29 is 23.8 Å². The average Bonchev–Trinajstić information content (AvgIpc) is 2.87. The van der Waals surface area contributed by atoms with Crippen molar-refractivity contribution in [3.63, 3.8) is 0 Å². The molecule has 2 bridgehead atoms. The molecule has 5 heteroatoms. The molecule has 2 fully saturated rings. The SMILES string of the molecule is COC1(OC)[C@@H]2C=C[C@@H]1[C@H]1C(=O)OC(=O)[C@@H]12. The van der Waals surface area contributed by atoms with E-state index < -0.39 is 29.6 Å². The largest absolute Gasteiger partial charge is 0.393 e. The molecule has 0 radical (unpaired) electrons. The highest BCUT2D eigenvalue weighted by Crippen LogP contribution is 2.59. The molecule has 0 aromatic rings. The van der Waals surface area contributed by atoms with Gasteiger partial charge in [0.15, 0.2) is 5.79 Å². The number of hydrogen-bond donors (Lipinski definition) is 0. The van der Waals surface area contributed by atoms with Gasteiger partial charge in [-0.2, -0.15) is 0 Å². The van der Waals surface area contributed by atoms with Crippen LogP contribution in [-0.2, 0) is 23.8 Å². The van der Waals surface area contributed by atoms with Gasteiger partial charge in [-0.05, 0) is 0 Å². The van der Waals surface area contributed by atoms with Gasteiger partial charge >= 0.3 is 11.9 Å². The maximum atomic E-state index is 11.6. The van der Waals surface area contributed by atoms with Crippen molar-refractivity contribution in [2.45, 2.75) is 5.79 Å². The Bertz CT molecular complexity index is 363. The second-order valence-electron chi connectivity index (χ2n) is 4.36. The van der Waals surface area contributed by atoms with Gasteiger partial charge < -0.3 is 14.2 Å². The Balaban J connectivity index is 2.09. The molecule has 4 atom stereocenters. The Kier molecular flexibility index (Phi) is 1.83. The van der Waals surface area contributed by atoms with Gasteiger partial charge in [0.2, 0.25) is 0 Å². The predicted molar refractivity (Wildman–Crippen MR) is 50.9 cm³/mol. The highest BCUT2D eigenvalue weighted by Gasteiger charge is 2.70. The third-order valence-corrected chi connectivity index (χ3v) is 4.00. The summed E-state index contributed by atoms with van der Waals surface area (Å²) in [5, 5.41) is 0. The molecule has 0 spiro atoms. The first kappa shape index (κ1) is 9.99. The first-order valence-corrected chi connectivity index (χ1v) is 5.20. The fourth-order valence-corrected chi connectivity index (χ4v) is 3.37. The fraction of sp³-hybridized carbons (Fsp3) is 0.636. The highest BCUT2D eigenvalue weighted by molar-refractivity contribution is 5.98. The van der Waals surface area contributed by atoms with Crippen molar-refractivity contribution in [2.75, 3.05) is 14.2 Å². The maximum Gasteiger partial charge on any atom is 0.318 e. The molecule has 0 unspecified atom stereocenters. The summed E-state index contributed by atoms with van der Waals surface area (Å²) in [6.07, 6.45) is 3.78. The van der Waals surface area contributed by atoms with Crippen molar-refractivity contribution in [2.24, 2.45) is 23.7 Å². The molecule has 1 heterocycles. The minimum atomic E-state index is -0.871.